The third-order valence-corrected chi connectivity index (χ3v) is 3.76. The number of hydrogen-bond donors (Lipinski definition) is 2. The van der Waals surface area contributed by atoms with E-state index >= 15 is 0 Å². The fourth-order valence-corrected chi connectivity index (χ4v) is 2.65. The van der Waals surface area contributed by atoms with Crippen molar-refractivity contribution < 1.29 is 14.7 Å². The van der Waals surface area contributed by atoms with Crippen LogP contribution in [0.4, 0.5) is 16.2 Å². The maximum atomic E-state index is 12.3. The second-order valence-electron chi connectivity index (χ2n) is 4.84. The van der Waals surface area contributed by atoms with Gasteiger partial charge in [0, 0.05) is 12.7 Å². The minimum atomic E-state index is -1.08. The van der Waals surface area contributed by atoms with Crippen molar-refractivity contribution in [1.82, 2.24) is 4.98 Å². The molecule has 0 spiro atoms. The number of urea groups is 1. The molecule has 2 heterocycles. The molecule has 0 saturated heterocycles. The number of carboxylic acid groups (broad SMARTS) is 1. The average molecular weight is 318 g/mol. The summed E-state index contributed by atoms with van der Waals surface area (Å²) in [6.07, 6.45) is 3.76. The molecule has 1 aliphatic heterocycles. The molecular formula is C15H12ClN3O3. The zero-order valence-corrected chi connectivity index (χ0v) is 12.2. The van der Waals surface area contributed by atoms with Gasteiger partial charge in [-0.05, 0) is 36.2 Å². The van der Waals surface area contributed by atoms with E-state index in [-0.39, 0.29) is 16.6 Å². The first-order valence-corrected chi connectivity index (χ1v) is 6.98. The number of carboxylic acids is 1. The third kappa shape index (κ3) is 2.60. The first kappa shape index (κ1) is 14.3. The van der Waals surface area contributed by atoms with Gasteiger partial charge >= 0.3 is 12.0 Å². The van der Waals surface area contributed by atoms with Gasteiger partial charge in [0.25, 0.3) is 0 Å². The number of carbonyl (C=O) groups excluding carboxylic acids is 1. The molecule has 7 heteroatoms. The maximum Gasteiger partial charge on any atom is 0.337 e. The number of anilines is 2. The van der Waals surface area contributed by atoms with Crippen molar-refractivity contribution in [3.05, 3.63) is 52.8 Å². The smallest absolute Gasteiger partial charge is 0.337 e. The summed E-state index contributed by atoms with van der Waals surface area (Å²) in [5.74, 6) is -1.08. The van der Waals surface area contributed by atoms with E-state index in [1.807, 2.05) is 0 Å². The molecule has 0 bridgehead atoms. The molecule has 2 amide bonds. The zero-order valence-electron chi connectivity index (χ0n) is 11.4. The van der Waals surface area contributed by atoms with E-state index in [4.69, 9.17) is 16.7 Å². The number of aromatic carboxylic acids is 1. The molecule has 0 radical (unpaired) electrons. The highest BCUT2D eigenvalue weighted by Crippen LogP contribution is 2.33. The minimum absolute atomic E-state index is 0.0509. The van der Waals surface area contributed by atoms with Gasteiger partial charge in [-0.3, -0.25) is 9.88 Å². The van der Waals surface area contributed by atoms with Crippen LogP contribution in [0.3, 0.4) is 0 Å². The largest absolute Gasteiger partial charge is 0.478 e. The standard InChI is InChI=1S/C15H12ClN3O3/c16-12-7-13-9(6-11(12)14(20)21)3-5-19(13)15(22)18-10-2-1-4-17-8-10/h1-2,4,6-8H,3,5H2,(H,18,22)(H,20,21). The Morgan fingerprint density at radius 3 is 2.86 bits per heavy atom. The van der Waals surface area contributed by atoms with E-state index in [0.29, 0.717) is 24.3 Å². The lowest BCUT2D eigenvalue weighted by atomic mass is 10.1. The first-order valence-electron chi connectivity index (χ1n) is 6.60. The molecule has 0 fully saturated rings. The normalized spacial score (nSPS) is 12.9. The van der Waals surface area contributed by atoms with Crippen molar-refractivity contribution in [3.8, 4) is 0 Å². The number of nitrogens with zero attached hydrogens (tertiary/aromatic N) is 2. The molecule has 6 nitrogen and oxygen atoms in total. The second-order valence-corrected chi connectivity index (χ2v) is 5.25. The van der Waals surface area contributed by atoms with E-state index in [0.717, 1.165) is 5.56 Å². The van der Waals surface area contributed by atoms with Gasteiger partial charge in [-0.2, -0.15) is 0 Å². The Kier molecular flexibility index (Phi) is 3.68. The van der Waals surface area contributed by atoms with Crippen molar-refractivity contribution in [2.75, 3.05) is 16.8 Å². The van der Waals surface area contributed by atoms with E-state index in [2.05, 4.69) is 10.3 Å². The number of rotatable bonds is 2. The van der Waals surface area contributed by atoms with Crippen molar-refractivity contribution in [2.24, 2.45) is 0 Å². The molecule has 112 valence electrons. The van der Waals surface area contributed by atoms with Crippen LogP contribution in [0, 0.1) is 0 Å². The molecule has 0 atom stereocenters. The zero-order chi connectivity index (χ0) is 15.7. The molecule has 3 rings (SSSR count). The topological polar surface area (TPSA) is 82.5 Å². The van der Waals surface area contributed by atoms with Crippen LogP contribution in [0.25, 0.3) is 0 Å². The second kappa shape index (κ2) is 5.65. The molecule has 0 unspecified atom stereocenters. The number of halogens is 1. The highest BCUT2D eigenvalue weighted by molar-refractivity contribution is 6.34. The van der Waals surface area contributed by atoms with Crippen molar-refractivity contribution >= 4 is 35.0 Å². The van der Waals surface area contributed by atoms with Crippen LogP contribution in [0.1, 0.15) is 15.9 Å². The molecule has 2 aromatic rings. The number of fused-ring (bicyclic) bond motifs is 1. The summed E-state index contributed by atoms with van der Waals surface area (Å²) in [5.41, 5.74) is 2.07. The van der Waals surface area contributed by atoms with Crippen LogP contribution in [0.15, 0.2) is 36.7 Å². The summed E-state index contributed by atoms with van der Waals surface area (Å²) in [4.78, 5) is 28.9. The molecule has 1 aromatic heterocycles. The van der Waals surface area contributed by atoms with Gasteiger partial charge in [-0.15, -0.1) is 0 Å². The summed E-state index contributed by atoms with van der Waals surface area (Å²) in [5, 5.41) is 11.9. The van der Waals surface area contributed by atoms with Gasteiger partial charge in [0.15, 0.2) is 0 Å². The Bertz CT molecular complexity index is 749. The number of nitrogens with one attached hydrogen (secondary N) is 1. The maximum absolute atomic E-state index is 12.3. The Labute approximate surface area is 131 Å². The molecule has 2 N–H and O–H groups in total. The van der Waals surface area contributed by atoms with E-state index < -0.39 is 5.97 Å². The summed E-state index contributed by atoms with van der Waals surface area (Å²) < 4.78 is 0. The van der Waals surface area contributed by atoms with Gasteiger partial charge in [0.1, 0.15) is 0 Å². The highest BCUT2D eigenvalue weighted by atomic mass is 35.5. The molecular weight excluding hydrogens is 306 g/mol. The van der Waals surface area contributed by atoms with Crippen molar-refractivity contribution in [2.45, 2.75) is 6.42 Å². The van der Waals surface area contributed by atoms with Crippen molar-refractivity contribution in [3.63, 3.8) is 0 Å². The Balaban J connectivity index is 1.86. The van der Waals surface area contributed by atoms with Gasteiger partial charge in [-0.1, -0.05) is 11.6 Å². The predicted molar refractivity (Wildman–Crippen MR) is 82.7 cm³/mol. The van der Waals surface area contributed by atoms with Crippen LogP contribution in [-0.4, -0.2) is 28.6 Å². The van der Waals surface area contributed by atoms with Gasteiger partial charge < -0.3 is 10.4 Å². The predicted octanol–water partition coefficient (Wildman–Crippen LogP) is 3.03. The number of hydrogen-bond acceptors (Lipinski definition) is 3. The molecule has 0 aliphatic carbocycles. The van der Waals surface area contributed by atoms with Crippen molar-refractivity contribution in [1.29, 1.82) is 0 Å². The molecule has 1 aromatic carbocycles. The van der Waals surface area contributed by atoms with Gasteiger partial charge in [-0.25, -0.2) is 9.59 Å². The fraction of sp³-hybridized carbons (Fsp3) is 0.133. The lowest BCUT2D eigenvalue weighted by molar-refractivity contribution is 0.0697. The summed E-state index contributed by atoms with van der Waals surface area (Å²) in [6.45, 7) is 0.473. The number of pyridine rings is 1. The van der Waals surface area contributed by atoms with E-state index in [1.165, 1.54) is 12.1 Å². The van der Waals surface area contributed by atoms with Crippen LogP contribution >= 0.6 is 11.6 Å². The van der Waals surface area contributed by atoms with Gasteiger partial charge in [0.2, 0.25) is 0 Å². The molecule has 22 heavy (non-hydrogen) atoms. The SMILES string of the molecule is O=C(O)c1cc2c(cc1Cl)N(C(=O)Nc1cccnc1)CC2. The molecule has 0 saturated carbocycles. The number of benzene rings is 1. The average Bonchev–Trinajstić information content (AvgIpc) is 2.90. The summed E-state index contributed by atoms with van der Waals surface area (Å²) >= 11 is 5.98. The van der Waals surface area contributed by atoms with Gasteiger partial charge in [0.05, 0.1) is 28.2 Å². The van der Waals surface area contributed by atoms with Crippen LogP contribution in [0.2, 0.25) is 5.02 Å². The van der Waals surface area contributed by atoms with E-state index in [9.17, 15) is 9.59 Å². The Morgan fingerprint density at radius 2 is 2.18 bits per heavy atom. The van der Waals surface area contributed by atoms with Crippen LogP contribution < -0.4 is 10.2 Å². The lowest BCUT2D eigenvalue weighted by Crippen LogP contribution is -2.33. The number of aromatic nitrogens is 1. The Morgan fingerprint density at radius 1 is 1.36 bits per heavy atom. The van der Waals surface area contributed by atoms with Crippen LogP contribution in [-0.2, 0) is 6.42 Å². The highest BCUT2D eigenvalue weighted by Gasteiger charge is 2.27. The third-order valence-electron chi connectivity index (χ3n) is 3.45. The summed E-state index contributed by atoms with van der Waals surface area (Å²) in [7, 11) is 0. The fourth-order valence-electron chi connectivity index (χ4n) is 2.41. The number of carbonyl (C=O) groups is 2. The monoisotopic (exact) mass is 317 g/mol. The Hall–Kier alpha value is -2.60. The summed E-state index contributed by atoms with van der Waals surface area (Å²) in [6, 6.07) is 6.21. The molecule has 1 aliphatic rings. The minimum Gasteiger partial charge on any atom is -0.478 e. The first-order chi connectivity index (χ1) is 10.6. The number of amides is 2. The van der Waals surface area contributed by atoms with E-state index in [1.54, 1.807) is 29.4 Å². The quantitative estimate of drug-likeness (QED) is 0.892. The van der Waals surface area contributed by atoms with Crippen LogP contribution in [0.5, 0.6) is 0 Å². The lowest BCUT2D eigenvalue weighted by Gasteiger charge is -2.18.